The Morgan fingerprint density at radius 2 is 2.33 bits per heavy atom. The summed E-state index contributed by atoms with van der Waals surface area (Å²) in [6, 6.07) is 4.58. The van der Waals surface area contributed by atoms with E-state index in [1.54, 1.807) is 12.1 Å². The van der Waals surface area contributed by atoms with Crippen molar-refractivity contribution in [3.8, 4) is 0 Å². The van der Waals surface area contributed by atoms with Gasteiger partial charge in [0.15, 0.2) is 6.29 Å². The first-order valence-electron chi connectivity index (χ1n) is 6.35. The predicted molar refractivity (Wildman–Crippen MR) is 68.4 cm³/mol. The van der Waals surface area contributed by atoms with Crippen LogP contribution in [0.1, 0.15) is 29.6 Å². The van der Waals surface area contributed by atoms with Gasteiger partial charge in [-0.05, 0) is 37.3 Å². The van der Waals surface area contributed by atoms with Gasteiger partial charge in [-0.25, -0.2) is 4.39 Å². The molecule has 1 N–H and O–H groups in total. The van der Waals surface area contributed by atoms with Gasteiger partial charge in [0.25, 0.3) is 0 Å². The average molecular weight is 251 g/mol. The molecule has 3 nitrogen and oxygen atoms in total. The molecule has 0 aromatic heterocycles. The molecule has 1 fully saturated rings. The first-order valence-corrected chi connectivity index (χ1v) is 6.35. The first-order chi connectivity index (χ1) is 8.76. The summed E-state index contributed by atoms with van der Waals surface area (Å²) in [5.41, 5.74) is 0.815. The Kier molecular flexibility index (Phi) is 4.31. The molecule has 0 saturated carbocycles. The van der Waals surface area contributed by atoms with Crippen molar-refractivity contribution in [2.24, 2.45) is 5.92 Å². The maximum atomic E-state index is 13.9. The normalized spacial score (nSPS) is 19.9. The van der Waals surface area contributed by atoms with Gasteiger partial charge in [0.05, 0.1) is 5.69 Å². The van der Waals surface area contributed by atoms with Gasteiger partial charge in [-0.3, -0.25) is 4.79 Å². The van der Waals surface area contributed by atoms with Crippen molar-refractivity contribution < 1.29 is 14.3 Å². The number of piperidine rings is 1. The lowest BCUT2D eigenvalue weighted by atomic mass is 9.94. The van der Waals surface area contributed by atoms with E-state index in [4.69, 9.17) is 5.11 Å². The second-order valence-electron chi connectivity index (χ2n) is 4.76. The van der Waals surface area contributed by atoms with Crippen LogP contribution in [0.3, 0.4) is 0 Å². The number of carbonyl (C=O) groups is 1. The quantitative estimate of drug-likeness (QED) is 0.834. The zero-order valence-electron chi connectivity index (χ0n) is 10.3. The van der Waals surface area contributed by atoms with E-state index in [-0.39, 0.29) is 12.4 Å². The number of para-hydroxylation sites is 1. The number of hydrogen-bond acceptors (Lipinski definition) is 3. The van der Waals surface area contributed by atoms with Crippen molar-refractivity contribution in [1.82, 2.24) is 0 Å². The zero-order chi connectivity index (χ0) is 13.0. The van der Waals surface area contributed by atoms with Crippen LogP contribution < -0.4 is 4.90 Å². The number of aldehydes is 1. The van der Waals surface area contributed by atoms with Crippen molar-refractivity contribution in [3.63, 3.8) is 0 Å². The average Bonchev–Trinajstić information content (AvgIpc) is 2.39. The molecule has 1 aliphatic rings. The van der Waals surface area contributed by atoms with E-state index < -0.39 is 0 Å². The fraction of sp³-hybridized carbons (Fsp3) is 0.500. The van der Waals surface area contributed by atoms with Crippen LogP contribution in [0.15, 0.2) is 18.2 Å². The van der Waals surface area contributed by atoms with Gasteiger partial charge in [0.1, 0.15) is 5.82 Å². The van der Waals surface area contributed by atoms with Crippen molar-refractivity contribution in [1.29, 1.82) is 0 Å². The number of nitrogens with zero attached hydrogens (tertiary/aromatic N) is 1. The van der Waals surface area contributed by atoms with Crippen LogP contribution in [0.4, 0.5) is 10.1 Å². The van der Waals surface area contributed by atoms with Crippen LogP contribution in [0.25, 0.3) is 0 Å². The van der Waals surface area contributed by atoms with Crippen LogP contribution in [0.2, 0.25) is 0 Å². The highest BCUT2D eigenvalue weighted by Crippen LogP contribution is 2.29. The number of anilines is 1. The van der Waals surface area contributed by atoms with Crippen LogP contribution in [0.5, 0.6) is 0 Å². The van der Waals surface area contributed by atoms with Gasteiger partial charge in [-0.2, -0.15) is 0 Å². The second-order valence-corrected chi connectivity index (χ2v) is 4.76. The summed E-state index contributed by atoms with van der Waals surface area (Å²) in [6.45, 7) is 1.64. The Hall–Kier alpha value is -1.42. The molecule has 0 radical (unpaired) electrons. The van der Waals surface area contributed by atoms with Gasteiger partial charge in [0.2, 0.25) is 0 Å². The van der Waals surface area contributed by atoms with Crippen LogP contribution in [0, 0.1) is 11.7 Å². The molecule has 1 aliphatic heterocycles. The minimum atomic E-state index is -0.343. The van der Waals surface area contributed by atoms with Gasteiger partial charge < -0.3 is 10.0 Å². The number of hydrogen-bond donors (Lipinski definition) is 1. The number of rotatable bonds is 4. The topological polar surface area (TPSA) is 40.5 Å². The summed E-state index contributed by atoms with van der Waals surface area (Å²) in [5, 5.41) is 8.98. The molecule has 4 heteroatoms. The minimum Gasteiger partial charge on any atom is -0.396 e. The third-order valence-corrected chi connectivity index (χ3v) is 3.52. The molecule has 0 spiro atoms. The number of aliphatic hydroxyl groups excluding tert-OH is 1. The maximum absolute atomic E-state index is 13.9. The molecule has 1 unspecified atom stereocenters. The highest BCUT2D eigenvalue weighted by atomic mass is 19.1. The van der Waals surface area contributed by atoms with E-state index in [2.05, 4.69) is 0 Å². The van der Waals surface area contributed by atoms with Crippen molar-refractivity contribution in [2.75, 3.05) is 24.6 Å². The number of halogens is 1. The monoisotopic (exact) mass is 251 g/mol. The smallest absolute Gasteiger partial charge is 0.152 e. The minimum absolute atomic E-state index is 0.163. The molecular weight excluding hydrogens is 233 g/mol. The Morgan fingerprint density at radius 1 is 1.50 bits per heavy atom. The Morgan fingerprint density at radius 3 is 3.06 bits per heavy atom. The Labute approximate surface area is 106 Å². The predicted octanol–water partition coefficient (Wildman–Crippen LogP) is 2.24. The van der Waals surface area contributed by atoms with Crippen molar-refractivity contribution >= 4 is 12.0 Å². The summed E-state index contributed by atoms with van der Waals surface area (Å²) >= 11 is 0. The van der Waals surface area contributed by atoms with E-state index in [1.807, 2.05) is 4.90 Å². The first kappa shape index (κ1) is 13.0. The van der Waals surface area contributed by atoms with Gasteiger partial charge >= 0.3 is 0 Å². The molecule has 1 aromatic rings. The van der Waals surface area contributed by atoms with E-state index in [0.29, 0.717) is 30.0 Å². The maximum Gasteiger partial charge on any atom is 0.152 e. The molecule has 0 amide bonds. The molecule has 1 saturated heterocycles. The van der Waals surface area contributed by atoms with Crippen molar-refractivity contribution in [2.45, 2.75) is 19.3 Å². The van der Waals surface area contributed by atoms with E-state index in [0.717, 1.165) is 25.8 Å². The number of carbonyl (C=O) groups excluding carboxylic acids is 1. The van der Waals surface area contributed by atoms with Crippen molar-refractivity contribution in [3.05, 3.63) is 29.6 Å². The van der Waals surface area contributed by atoms with E-state index in [1.165, 1.54) is 6.07 Å². The molecule has 0 bridgehead atoms. The lowest BCUT2D eigenvalue weighted by Gasteiger charge is -2.35. The summed E-state index contributed by atoms with van der Waals surface area (Å²) in [4.78, 5) is 12.9. The fourth-order valence-corrected chi connectivity index (χ4v) is 2.65. The Bertz CT molecular complexity index is 420. The Balaban J connectivity index is 2.22. The molecular formula is C14H18FNO2. The van der Waals surface area contributed by atoms with Crippen LogP contribution >= 0.6 is 0 Å². The number of aliphatic hydroxyl groups is 1. The fourth-order valence-electron chi connectivity index (χ4n) is 2.65. The van der Waals surface area contributed by atoms with E-state index in [9.17, 15) is 9.18 Å². The van der Waals surface area contributed by atoms with Gasteiger partial charge in [-0.15, -0.1) is 0 Å². The number of benzene rings is 1. The highest BCUT2D eigenvalue weighted by Gasteiger charge is 2.23. The standard InChI is InChI=1S/C14H18FNO2/c15-13-5-1-4-12(10-18)14(13)16-7-2-3-11(9-16)6-8-17/h1,4-5,10-11,17H,2-3,6-9H2. The van der Waals surface area contributed by atoms with Gasteiger partial charge in [0, 0.05) is 25.3 Å². The zero-order valence-corrected chi connectivity index (χ0v) is 10.3. The summed E-state index contributed by atoms with van der Waals surface area (Å²) in [6.07, 6.45) is 3.47. The largest absolute Gasteiger partial charge is 0.396 e. The van der Waals surface area contributed by atoms with Crippen LogP contribution in [-0.2, 0) is 0 Å². The molecule has 0 aliphatic carbocycles. The van der Waals surface area contributed by atoms with Gasteiger partial charge in [-0.1, -0.05) is 6.07 Å². The highest BCUT2D eigenvalue weighted by molar-refractivity contribution is 5.84. The summed E-state index contributed by atoms with van der Waals surface area (Å²) in [5.74, 6) is 0.0344. The molecule has 2 rings (SSSR count). The van der Waals surface area contributed by atoms with Crippen LogP contribution in [-0.4, -0.2) is 31.1 Å². The third kappa shape index (κ3) is 2.70. The SMILES string of the molecule is O=Cc1cccc(F)c1N1CCCC(CCO)C1. The second kappa shape index (κ2) is 5.96. The van der Waals surface area contributed by atoms with E-state index >= 15 is 0 Å². The molecule has 18 heavy (non-hydrogen) atoms. The summed E-state index contributed by atoms with van der Waals surface area (Å²) < 4.78 is 13.9. The lowest BCUT2D eigenvalue weighted by molar-refractivity contribution is 0.112. The molecule has 1 aromatic carbocycles. The third-order valence-electron chi connectivity index (χ3n) is 3.52. The molecule has 98 valence electrons. The summed E-state index contributed by atoms with van der Waals surface area (Å²) in [7, 11) is 0. The molecule has 1 heterocycles. The lowest BCUT2D eigenvalue weighted by Crippen LogP contribution is -2.36. The molecule has 1 atom stereocenters.